The number of nitrogens with zero attached hydrogens (tertiary/aromatic N) is 4. The van der Waals surface area contributed by atoms with Gasteiger partial charge in [0.05, 0.1) is 11.6 Å². The van der Waals surface area contributed by atoms with E-state index in [1.54, 1.807) is 12.1 Å². The molecule has 1 fully saturated rings. The van der Waals surface area contributed by atoms with Gasteiger partial charge in [-0.2, -0.15) is 23.4 Å². The molecule has 0 saturated carbocycles. The molecular weight excluding hydrogens is 364 g/mol. The largest absolute Gasteiger partial charge is 0.460 e. The Morgan fingerprint density at radius 1 is 1.22 bits per heavy atom. The molecule has 0 atom stereocenters. The number of rotatable bonds is 4. The Kier molecular flexibility index (Phi) is 5.56. The number of benzene rings is 1. The summed E-state index contributed by atoms with van der Waals surface area (Å²) in [5.74, 6) is -0.426. The average molecular weight is 380 g/mol. The maximum Gasteiger partial charge on any atom is 0.433 e. The van der Waals surface area contributed by atoms with Crippen LogP contribution < -0.4 is 4.74 Å². The molecule has 2 heterocycles. The molecule has 2 aromatic rings. The van der Waals surface area contributed by atoms with Crippen molar-refractivity contribution in [1.29, 1.82) is 5.26 Å². The Hall–Kier alpha value is -2.73. The molecule has 0 unspecified atom stereocenters. The third kappa shape index (κ3) is 4.92. The smallest absolute Gasteiger partial charge is 0.433 e. The van der Waals surface area contributed by atoms with Crippen LogP contribution in [0, 0.1) is 17.1 Å². The summed E-state index contributed by atoms with van der Waals surface area (Å²) < 4.78 is 57.5. The van der Waals surface area contributed by atoms with E-state index in [1.165, 1.54) is 6.07 Å². The molecule has 27 heavy (non-hydrogen) atoms. The summed E-state index contributed by atoms with van der Waals surface area (Å²) in [6.45, 7) is 1.59. The molecular formula is C18H16F4N4O. The molecule has 9 heteroatoms. The van der Waals surface area contributed by atoms with Crippen LogP contribution in [0.3, 0.4) is 0 Å². The molecule has 3 rings (SSSR count). The number of likely N-dealkylation sites (tertiary alicyclic amines) is 1. The lowest BCUT2D eigenvalue weighted by molar-refractivity contribution is -0.141. The van der Waals surface area contributed by atoms with E-state index < -0.39 is 17.7 Å². The second kappa shape index (κ2) is 7.88. The van der Waals surface area contributed by atoms with Crippen LogP contribution in [0.4, 0.5) is 17.6 Å². The highest BCUT2D eigenvalue weighted by Gasteiger charge is 2.33. The fourth-order valence-electron chi connectivity index (χ4n) is 2.88. The third-order valence-corrected chi connectivity index (χ3v) is 4.31. The molecule has 0 radical (unpaired) electrons. The van der Waals surface area contributed by atoms with Gasteiger partial charge in [0.25, 0.3) is 0 Å². The molecule has 1 aliphatic heterocycles. The minimum Gasteiger partial charge on any atom is -0.460 e. The molecule has 5 nitrogen and oxygen atoms in total. The van der Waals surface area contributed by atoms with Crippen LogP contribution in [0.2, 0.25) is 0 Å². The normalized spacial score (nSPS) is 16.1. The third-order valence-electron chi connectivity index (χ3n) is 4.31. The Bertz CT molecular complexity index is 842. The molecule has 0 spiro atoms. The van der Waals surface area contributed by atoms with Gasteiger partial charge in [0.15, 0.2) is 5.69 Å². The lowest BCUT2D eigenvalue weighted by Gasteiger charge is -2.31. The van der Waals surface area contributed by atoms with Crippen LogP contribution in [0.1, 0.15) is 29.7 Å². The van der Waals surface area contributed by atoms with Crippen molar-refractivity contribution in [2.75, 3.05) is 13.1 Å². The first-order chi connectivity index (χ1) is 12.8. The van der Waals surface area contributed by atoms with Crippen molar-refractivity contribution in [2.45, 2.75) is 31.7 Å². The summed E-state index contributed by atoms with van der Waals surface area (Å²) in [6, 6.07) is 6.75. The first-order valence-corrected chi connectivity index (χ1v) is 8.33. The summed E-state index contributed by atoms with van der Waals surface area (Å²) >= 11 is 0. The predicted molar refractivity (Wildman–Crippen MR) is 87.1 cm³/mol. The standard InChI is InChI=1S/C18H16F4N4O/c19-15-9-12(10-23)1-2-13(15)11-26-7-4-14(5-8-26)27-17-24-6-3-16(25-17)18(20,21)22/h1-3,6,9,14H,4-5,7-8,11H2. The van der Waals surface area contributed by atoms with Gasteiger partial charge in [0.2, 0.25) is 0 Å². The molecule has 0 aliphatic carbocycles. The Morgan fingerprint density at radius 2 is 1.96 bits per heavy atom. The van der Waals surface area contributed by atoms with Crippen molar-refractivity contribution in [3.8, 4) is 12.1 Å². The topological polar surface area (TPSA) is 62.0 Å². The maximum atomic E-state index is 14.0. The van der Waals surface area contributed by atoms with Crippen molar-refractivity contribution >= 4 is 0 Å². The molecule has 1 saturated heterocycles. The highest BCUT2D eigenvalue weighted by molar-refractivity contribution is 5.32. The summed E-state index contributed by atoms with van der Waals surface area (Å²) in [4.78, 5) is 9.17. The number of hydrogen-bond donors (Lipinski definition) is 0. The van der Waals surface area contributed by atoms with Gasteiger partial charge in [-0.25, -0.2) is 9.37 Å². The van der Waals surface area contributed by atoms with Gasteiger partial charge in [-0.15, -0.1) is 0 Å². The summed E-state index contributed by atoms with van der Waals surface area (Å²) in [7, 11) is 0. The van der Waals surface area contributed by atoms with Gasteiger partial charge in [0.1, 0.15) is 11.9 Å². The summed E-state index contributed by atoms with van der Waals surface area (Å²) in [5, 5.41) is 8.77. The van der Waals surface area contributed by atoms with E-state index in [4.69, 9.17) is 10.00 Å². The van der Waals surface area contributed by atoms with Crippen LogP contribution in [0.25, 0.3) is 0 Å². The van der Waals surface area contributed by atoms with E-state index in [0.717, 1.165) is 12.3 Å². The molecule has 0 bridgehead atoms. The lowest BCUT2D eigenvalue weighted by atomic mass is 10.1. The minimum atomic E-state index is -4.55. The molecule has 1 aromatic heterocycles. The van der Waals surface area contributed by atoms with Gasteiger partial charge in [-0.05, 0) is 31.0 Å². The number of nitriles is 1. The Balaban J connectivity index is 1.54. The number of alkyl halides is 3. The van der Waals surface area contributed by atoms with Crippen molar-refractivity contribution < 1.29 is 22.3 Å². The number of hydrogen-bond acceptors (Lipinski definition) is 5. The molecule has 1 aromatic carbocycles. The van der Waals surface area contributed by atoms with E-state index in [9.17, 15) is 17.6 Å². The van der Waals surface area contributed by atoms with E-state index in [-0.39, 0.29) is 17.7 Å². The molecule has 0 N–H and O–H groups in total. The van der Waals surface area contributed by atoms with Gasteiger partial charge < -0.3 is 4.74 Å². The zero-order chi connectivity index (χ0) is 19.4. The van der Waals surface area contributed by atoms with Crippen molar-refractivity contribution in [3.63, 3.8) is 0 Å². The summed E-state index contributed by atoms with van der Waals surface area (Å²) in [5.41, 5.74) is -0.278. The molecule has 142 valence electrons. The van der Waals surface area contributed by atoms with E-state index >= 15 is 0 Å². The van der Waals surface area contributed by atoms with Crippen LogP contribution in [0.5, 0.6) is 6.01 Å². The first kappa shape index (κ1) is 19.0. The van der Waals surface area contributed by atoms with Crippen LogP contribution in [-0.4, -0.2) is 34.1 Å². The van der Waals surface area contributed by atoms with Crippen molar-refractivity contribution in [2.24, 2.45) is 0 Å². The Morgan fingerprint density at radius 3 is 2.59 bits per heavy atom. The van der Waals surface area contributed by atoms with E-state index in [2.05, 4.69) is 9.97 Å². The SMILES string of the molecule is N#Cc1ccc(CN2CCC(Oc3nccc(C(F)(F)F)n3)CC2)c(F)c1. The maximum absolute atomic E-state index is 14.0. The second-order valence-corrected chi connectivity index (χ2v) is 6.23. The number of halogens is 4. The predicted octanol–water partition coefficient (Wildman–Crippen LogP) is 3.55. The second-order valence-electron chi connectivity index (χ2n) is 6.23. The van der Waals surface area contributed by atoms with Crippen molar-refractivity contribution in [1.82, 2.24) is 14.9 Å². The van der Waals surface area contributed by atoms with E-state index in [0.29, 0.717) is 38.0 Å². The number of piperidine rings is 1. The molecule has 1 aliphatic rings. The van der Waals surface area contributed by atoms with Gasteiger partial charge in [0, 0.05) is 31.4 Å². The van der Waals surface area contributed by atoms with Gasteiger partial charge in [-0.3, -0.25) is 4.90 Å². The fraction of sp³-hybridized carbons (Fsp3) is 0.389. The van der Waals surface area contributed by atoms with Crippen molar-refractivity contribution in [3.05, 3.63) is 53.1 Å². The zero-order valence-corrected chi connectivity index (χ0v) is 14.2. The van der Waals surface area contributed by atoms with Gasteiger partial charge in [-0.1, -0.05) is 6.07 Å². The highest BCUT2D eigenvalue weighted by atomic mass is 19.4. The van der Waals surface area contributed by atoms with Crippen LogP contribution >= 0.6 is 0 Å². The zero-order valence-electron chi connectivity index (χ0n) is 14.2. The van der Waals surface area contributed by atoms with E-state index in [1.807, 2.05) is 11.0 Å². The van der Waals surface area contributed by atoms with Crippen LogP contribution in [0.15, 0.2) is 30.5 Å². The average Bonchev–Trinajstić information content (AvgIpc) is 2.64. The first-order valence-electron chi connectivity index (χ1n) is 8.33. The molecule has 0 amide bonds. The van der Waals surface area contributed by atoms with Crippen LogP contribution in [-0.2, 0) is 12.7 Å². The quantitative estimate of drug-likeness (QED) is 0.759. The number of aromatic nitrogens is 2. The summed E-state index contributed by atoms with van der Waals surface area (Å²) in [6.07, 6.45) is -2.69. The fourth-order valence-corrected chi connectivity index (χ4v) is 2.88. The minimum absolute atomic E-state index is 0.268. The number of ether oxygens (including phenoxy) is 1. The monoisotopic (exact) mass is 380 g/mol. The highest BCUT2D eigenvalue weighted by Crippen LogP contribution is 2.28. The lowest BCUT2D eigenvalue weighted by Crippen LogP contribution is -2.38. The van der Waals surface area contributed by atoms with Gasteiger partial charge >= 0.3 is 12.2 Å². The Labute approximate surface area is 153 Å².